The lowest BCUT2D eigenvalue weighted by Crippen LogP contribution is -2.53. The number of carbonyl (C=O) groups is 2. The summed E-state index contributed by atoms with van der Waals surface area (Å²) >= 11 is 0. The molecule has 142 valence electrons. The molecule has 4 heteroatoms. The fourth-order valence-corrected chi connectivity index (χ4v) is 3.60. The number of benzene rings is 3. The van der Waals surface area contributed by atoms with Gasteiger partial charge in [0, 0.05) is 0 Å². The van der Waals surface area contributed by atoms with Crippen molar-refractivity contribution in [2.75, 3.05) is 0 Å². The Balaban J connectivity index is 2.28. The van der Waals surface area contributed by atoms with Gasteiger partial charge in [-0.1, -0.05) is 97.9 Å². The number of nitrogens with two attached hydrogens (primary N) is 1. The fourth-order valence-electron chi connectivity index (χ4n) is 3.60. The molecule has 3 aromatic rings. The molecular formula is C24H24N2O2. The lowest BCUT2D eigenvalue weighted by Gasteiger charge is -2.35. The number of hydrogen-bond acceptors (Lipinski definition) is 2. The summed E-state index contributed by atoms with van der Waals surface area (Å²) in [6, 6.07) is 28.1. The van der Waals surface area contributed by atoms with E-state index in [-0.39, 0.29) is 5.91 Å². The summed E-state index contributed by atoms with van der Waals surface area (Å²) in [6.45, 7) is 1.82. The van der Waals surface area contributed by atoms with E-state index in [0.29, 0.717) is 6.42 Å². The zero-order chi connectivity index (χ0) is 20.0. The second-order valence-electron chi connectivity index (χ2n) is 6.68. The lowest BCUT2D eigenvalue weighted by atomic mass is 9.68. The van der Waals surface area contributed by atoms with Gasteiger partial charge in [0.05, 0.1) is 0 Å². The Kier molecular flexibility index (Phi) is 5.90. The SMILES string of the molecule is CC[C@H](NC(=O)C(c1ccccc1)(c1ccccc1)c1ccccc1)C(N)=O. The minimum Gasteiger partial charge on any atom is -0.368 e. The minimum atomic E-state index is -1.10. The third kappa shape index (κ3) is 3.54. The van der Waals surface area contributed by atoms with Gasteiger partial charge in [0.15, 0.2) is 0 Å². The second-order valence-corrected chi connectivity index (χ2v) is 6.68. The first kappa shape index (κ1) is 19.4. The van der Waals surface area contributed by atoms with Gasteiger partial charge in [-0.25, -0.2) is 0 Å². The maximum absolute atomic E-state index is 13.8. The molecule has 0 aliphatic rings. The molecule has 28 heavy (non-hydrogen) atoms. The van der Waals surface area contributed by atoms with Crippen molar-refractivity contribution in [3.63, 3.8) is 0 Å². The van der Waals surface area contributed by atoms with Crippen molar-refractivity contribution in [1.29, 1.82) is 0 Å². The molecule has 0 heterocycles. The van der Waals surface area contributed by atoms with Crippen LogP contribution in [0.25, 0.3) is 0 Å². The Bertz CT molecular complexity index is 828. The predicted molar refractivity (Wildman–Crippen MR) is 111 cm³/mol. The number of amides is 2. The Hall–Kier alpha value is -3.40. The molecule has 0 saturated carbocycles. The molecule has 0 aliphatic carbocycles. The zero-order valence-corrected chi connectivity index (χ0v) is 15.8. The van der Waals surface area contributed by atoms with Crippen LogP contribution in [0.5, 0.6) is 0 Å². The van der Waals surface area contributed by atoms with Crippen LogP contribution in [-0.2, 0) is 15.0 Å². The molecule has 0 radical (unpaired) electrons. The average Bonchev–Trinajstić information content (AvgIpc) is 2.74. The van der Waals surface area contributed by atoms with Crippen molar-refractivity contribution in [2.24, 2.45) is 5.73 Å². The highest BCUT2D eigenvalue weighted by Gasteiger charge is 2.44. The van der Waals surface area contributed by atoms with Crippen LogP contribution in [0.2, 0.25) is 0 Å². The van der Waals surface area contributed by atoms with E-state index < -0.39 is 17.4 Å². The highest BCUT2D eigenvalue weighted by atomic mass is 16.2. The Labute approximate surface area is 165 Å². The molecule has 1 atom stereocenters. The van der Waals surface area contributed by atoms with Gasteiger partial charge in [-0.05, 0) is 23.1 Å². The first-order valence-electron chi connectivity index (χ1n) is 9.37. The molecule has 0 spiro atoms. The highest BCUT2D eigenvalue weighted by molar-refractivity contribution is 5.98. The standard InChI is InChI=1S/C24H24N2O2/c1-2-21(22(25)27)26-23(28)24(18-12-6-3-7-13-18,19-14-8-4-9-15-19)20-16-10-5-11-17-20/h3-17,21H,2H2,1H3,(H2,25,27)(H,26,28)/t21-/m0/s1. The Morgan fingerprint density at radius 2 is 1.14 bits per heavy atom. The Morgan fingerprint density at radius 1 is 0.786 bits per heavy atom. The van der Waals surface area contributed by atoms with E-state index in [4.69, 9.17) is 5.73 Å². The van der Waals surface area contributed by atoms with Crippen molar-refractivity contribution >= 4 is 11.8 Å². The summed E-state index contributed by atoms with van der Waals surface area (Å²) in [6.07, 6.45) is 0.426. The molecule has 0 unspecified atom stereocenters. The van der Waals surface area contributed by atoms with Crippen molar-refractivity contribution in [1.82, 2.24) is 5.32 Å². The van der Waals surface area contributed by atoms with E-state index in [2.05, 4.69) is 5.32 Å². The quantitative estimate of drug-likeness (QED) is 0.624. The van der Waals surface area contributed by atoms with Gasteiger partial charge >= 0.3 is 0 Å². The predicted octanol–water partition coefficient (Wildman–Crippen LogP) is 3.40. The molecule has 0 bridgehead atoms. The van der Waals surface area contributed by atoms with E-state index >= 15 is 0 Å². The molecule has 3 aromatic carbocycles. The average molecular weight is 372 g/mol. The topological polar surface area (TPSA) is 72.2 Å². The van der Waals surface area contributed by atoms with Crippen LogP contribution in [0.4, 0.5) is 0 Å². The van der Waals surface area contributed by atoms with Crippen LogP contribution in [0.1, 0.15) is 30.0 Å². The van der Waals surface area contributed by atoms with Gasteiger partial charge < -0.3 is 11.1 Å². The van der Waals surface area contributed by atoms with Crippen LogP contribution in [0.3, 0.4) is 0 Å². The second kappa shape index (κ2) is 8.53. The smallest absolute Gasteiger partial charge is 0.240 e. The van der Waals surface area contributed by atoms with Gasteiger partial charge in [-0.15, -0.1) is 0 Å². The first-order chi connectivity index (χ1) is 13.6. The molecule has 2 amide bonds. The van der Waals surface area contributed by atoms with Gasteiger partial charge in [-0.2, -0.15) is 0 Å². The lowest BCUT2D eigenvalue weighted by molar-refractivity contribution is -0.129. The van der Waals surface area contributed by atoms with Crippen LogP contribution < -0.4 is 11.1 Å². The number of primary amides is 1. The van der Waals surface area contributed by atoms with Crippen LogP contribution in [-0.4, -0.2) is 17.9 Å². The molecule has 3 N–H and O–H groups in total. The van der Waals surface area contributed by atoms with Crippen LogP contribution in [0, 0.1) is 0 Å². The van der Waals surface area contributed by atoms with Crippen molar-refractivity contribution in [3.8, 4) is 0 Å². The summed E-state index contributed by atoms with van der Waals surface area (Å²) in [5.74, 6) is -0.819. The van der Waals surface area contributed by atoms with Gasteiger partial charge in [0.25, 0.3) is 0 Å². The summed E-state index contributed by atoms with van der Waals surface area (Å²) in [5.41, 5.74) is 6.87. The van der Waals surface area contributed by atoms with Gasteiger partial charge in [0.2, 0.25) is 11.8 Å². The first-order valence-corrected chi connectivity index (χ1v) is 9.37. The van der Waals surface area contributed by atoms with Gasteiger partial charge in [-0.3, -0.25) is 9.59 Å². The number of carbonyl (C=O) groups excluding carboxylic acids is 2. The molecule has 0 saturated heterocycles. The molecule has 4 nitrogen and oxygen atoms in total. The van der Waals surface area contributed by atoms with E-state index in [9.17, 15) is 9.59 Å². The third-order valence-corrected chi connectivity index (χ3v) is 5.02. The molecule has 3 rings (SSSR count). The van der Waals surface area contributed by atoms with Gasteiger partial charge in [0.1, 0.15) is 11.5 Å². The summed E-state index contributed by atoms with van der Waals surface area (Å²) in [5, 5.41) is 2.89. The summed E-state index contributed by atoms with van der Waals surface area (Å²) in [4.78, 5) is 25.6. The van der Waals surface area contributed by atoms with E-state index in [1.807, 2.05) is 97.9 Å². The van der Waals surface area contributed by atoms with Crippen molar-refractivity contribution < 1.29 is 9.59 Å². The fraction of sp³-hybridized carbons (Fsp3) is 0.167. The molecule has 0 aliphatic heterocycles. The molecule has 0 fully saturated rings. The van der Waals surface area contributed by atoms with E-state index in [0.717, 1.165) is 16.7 Å². The van der Waals surface area contributed by atoms with Crippen LogP contribution >= 0.6 is 0 Å². The number of hydrogen-bond donors (Lipinski definition) is 2. The van der Waals surface area contributed by atoms with Crippen molar-refractivity contribution in [3.05, 3.63) is 108 Å². The number of nitrogens with one attached hydrogen (secondary N) is 1. The normalized spacial score (nSPS) is 12.2. The maximum Gasteiger partial charge on any atom is 0.240 e. The molecule has 0 aromatic heterocycles. The number of rotatable bonds is 7. The minimum absolute atomic E-state index is 0.276. The summed E-state index contributed by atoms with van der Waals surface area (Å²) < 4.78 is 0. The zero-order valence-electron chi connectivity index (χ0n) is 15.8. The largest absolute Gasteiger partial charge is 0.368 e. The molecular weight excluding hydrogens is 348 g/mol. The highest BCUT2D eigenvalue weighted by Crippen LogP contribution is 2.39. The monoisotopic (exact) mass is 372 g/mol. The summed E-state index contributed by atoms with van der Waals surface area (Å²) in [7, 11) is 0. The third-order valence-electron chi connectivity index (χ3n) is 5.02. The Morgan fingerprint density at radius 3 is 1.43 bits per heavy atom. The van der Waals surface area contributed by atoms with Crippen molar-refractivity contribution in [2.45, 2.75) is 24.8 Å². The van der Waals surface area contributed by atoms with E-state index in [1.54, 1.807) is 0 Å². The van der Waals surface area contributed by atoms with E-state index in [1.165, 1.54) is 0 Å². The maximum atomic E-state index is 13.8. The van der Waals surface area contributed by atoms with Crippen LogP contribution in [0.15, 0.2) is 91.0 Å².